The van der Waals surface area contributed by atoms with Gasteiger partial charge in [-0.1, -0.05) is 38.5 Å². The summed E-state index contributed by atoms with van der Waals surface area (Å²) in [4.78, 5) is 4.47. The molecule has 2 atom stereocenters. The van der Waals surface area contributed by atoms with Crippen molar-refractivity contribution in [2.24, 2.45) is 0 Å². The van der Waals surface area contributed by atoms with Crippen molar-refractivity contribution in [2.45, 2.75) is 45.8 Å². The molecule has 1 N–H and O–H groups in total. The van der Waals surface area contributed by atoms with Crippen LogP contribution in [0.15, 0.2) is 36.5 Å². The fraction of sp³-hybridized carbons (Fsp3) is 0.500. The molecular weight excluding hydrogens is 260 g/mol. The molecule has 2 rings (SSSR count). The van der Waals surface area contributed by atoms with Crippen LogP contribution in [0.5, 0.6) is 0 Å². The quantitative estimate of drug-likeness (QED) is 0.793. The number of pyridine rings is 1. The van der Waals surface area contributed by atoms with Crippen LogP contribution in [0.4, 0.5) is 0 Å². The Morgan fingerprint density at radius 3 is 2.71 bits per heavy atom. The predicted octanol–water partition coefficient (Wildman–Crippen LogP) is 4.09. The predicted molar refractivity (Wildman–Crippen MR) is 88.5 cm³/mol. The van der Waals surface area contributed by atoms with Gasteiger partial charge in [0.25, 0.3) is 0 Å². The number of benzene rings is 1. The first-order valence-electron chi connectivity index (χ1n) is 8.00. The lowest BCUT2D eigenvalue weighted by Crippen LogP contribution is -2.34. The van der Waals surface area contributed by atoms with E-state index in [2.05, 4.69) is 55.3 Å². The Bertz CT molecular complexity index is 544. The van der Waals surface area contributed by atoms with Crippen molar-refractivity contribution in [3.8, 4) is 0 Å². The van der Waals surface area contributed by atoms with Crippen molar-refractivity contribution in [1.29, 1.82) is 0 Å². The third kappa shape index (κ3) is 3.80. The van der Waals surface area contributed by atoms with E-state index >= 15 is 0 Å². The Labute approximate surface area is 127 Å². The Balaban J connectivity index is 2.43. The van der Waals surface area contributed by atoms with Gasteiger partial charge in [0.15, 0.2) is 0 Å². The van der Waals surface area contributed by atoms with Gasteiger partial charge in [0, 0.05) is 18.2 Å². The van der Waals surface area contributed by atoms with Crippen LogP contribution in [0, 0.1) is 0 Å². The van der Waals surface area contributed by atoms with E-state index < -0.39 is 0 Å². The van der Waals surface area contributed by atoms with Crippen molar-refractivity contribution < 1.29 is 4.74 Å². The van der Waals surface area contributed by atoms with Gasteiger partial charge in [0.05, 0.1) is 17.7 Å². The van der Waals surface area contributed by atoms with E-state index in [9.17, 15) is 0 Å². The molecule has 3 heteroatoms. The largest absolute Gasteiger partial charge is 0.377 e. The van der Waals surface area contributed by atoms with Crippen molar-refractivity contribution in [3.05, 3.63) is 42.1 Å². The minimum absolute atomic E-state index is 0.200. The zero-order chi connectivity index (χ0) is 15.1. The fourth-order valence-corrected chi connectivity index (χ4v) is 2.90. The maximum absolute atomic E-state index is 6.02. The summed E-state index contributed by atoms with van der Waals surface area (Å²) in [5.41, 5.74) is 2.33. The Hall–Kier alpha value is -1.45. The van der Waals surface area contributed by atoms with Crippen molar-refractivity contribution >= 4 is 10.9 Å². The first-order chi connectivity index (χ1) is 10.3. The van der Waals surface area contributed by atoms with E-state index in [-0.39, 0.29) is 12.1 Å². The van der Waals surface area contributed by atoms with Crippen molar-refractivity contribution in [1.82, 2.24) is 10.3 Å². The topological polar surface area (TPSA) is 34.1 Å². The number of nitrogens with one attached hydrogen (secondary N) is 1. The van der Waals surface area contributed by atoms with Crippen LogP contribution < -0.4 is 5.32 Å². The number of hydrogen-bond acceptors (Lipinski definition) is 3. The highest BCUT2D eigenvalue weighted by atomic mass is 16.5. The molecule has 0 spiro atoms. The van der Waals surface area contributed by atoms with Crippen LogP contribution in [0.25, 0.3) is 10.9 Å². The summed E-state index contributed by atoms with van der Waals surface area (Å²) in [6.07, 6.45) is 4.23. The maximum atomic E-state index is 6.02. The number of rotatable bonds is 8. The highest BCUT2D eigenvalue weighted by molar-refractivity contribution is 5.82. The molecular formula is C18H26N2O. The van der Waals surface area contributed by atoms with E-state index in [0.717, 1.165) is 31.5 Å². The molecule has 0 amide bonds. The minimum Gasteiger partial charge on any atom is -0.377 e. The van der Waals surface area contributed by atoms with Crippen LogP contribution in [0.2, 0.25) is 0 Å². The van der Waals surface area contributed by atoms with Gasteiger partial charge in [-0.25, -0.2) is 0 Å². The standard InChI is InChI=1S/C18H26N2O/c1-4-9-17(21-6-3)18(19-5-2)15-10-7-12-16-14(15)11-8-13-20-16/h7-8,10-13,17-19H,4-6,9H2,1-3H3. The van der Waals surface area contributed by atoms with E-state index in [1.165, 1.54) is 10.9 Å². The zero-order valence-electron chi connectivity index (χ0n) is 13.3. The fourth-order valence-electron chi connectivity index (χ4n) is 2.90. The number of nitrogens with zero attached hydrogens (tertiary/aromatic N) is 1. The van der Waals surface area contributed by atoms with Gasteiger partial charge in [-0.15, -0.1) is 0 Å². The number of aromatic nitrogens is 1. The number of ether oxygens (including phenoxy) is 1. The number of likely N-dealkylation sites (N-methyl/N-ethyl adjacent to an activating group) is 1. The summed E-state index contributed by atoms with van der Waals surface area (Å²) < 4.78 is 6.02. The van der Waals surface area contributed by atoms with E-state index in [0.29, 0.717) is 0 Å². The maximum Gasteiger partial charge on any atom is 0.0769 e. The Morgan fingerprint density at radius 2 is 2.00 bits per heavy atom. The second kappa shape index (κ2) is 8.11. The average Bonchev–Trinajstić information content (AvgIpc) is 2.52. The summed E-state index contributed by atoms with van der Waals surface area (Å²) in [5.74, 6) is 0. The molecule has 0 fully saturated rings. The van der Waals surface area contributed by atoms with Crippen LogP contribution in [-0.4, -0.2) is 24.2 Å². The van der Waals surface area contributed by atoms with Gasteiger partial charge in [-0.2, -0.15) is 0 Å². The molecule has 21 heavy (non-hydrogen) atoms. The molecule has 0 radical (unpaired) electrons. The highest BCUT2D eigenvalue weighted by Crippen LogP contribution is 2.28. The molecule has 0 saturated heterocycles. The molecule has 1 aromatic heterocycles. The number of hydrogen-bond donors (Lipinski definition) is 1. The van der Waals surface area contributed by atoms with Crippen LogP contribution in [-0.2, 0) is 4.74 Å². The van der Waals surface area contributed by atoms with Gasteiger partial charge < -0.3 is 10.1 Å². The summed E-state index contributed by atoms with van der Waals surface area (Å²) in [6.45, 7) is 8.09. The van der Waals surface area contributed by atoms with Gasteiger partial charge >= 0.3 is 0 Å². The normalized spacial score (nSPS) is 14.2. The second-order valence-electron chi connectivity index (χ2n) is 5.24. The molecule has 0 bridgehead atoms. The molecule has 0 saturated carbocycles. The molecule has 0 aliphatic rings. The molecule has 2 unspecified atom stereocenters. The average molecular weight is 286 g/mol. The summed E-state index contributed by atoms with van der Waals surface area (Å²) in [7, 11) is 0. The lowest BCUT2D eigenvalue weighted by Gasteiger charge is -2.29. The Kier molecular flexibility index (Phi) is 6.15. The molecule has 3 nitrogen and oxygen atoms in total. The molecule has 0 aliphatic carbocycles. The van der Waals surface area contributed by atoms with E-state index in [4.69, 9.17) is 4.74 Å². The van der Waals surface area contributed by atoms with Gasteiger partial charge in [-0.05, 0) is 37.6 Å². The monoisotopic (exact) mass is 286 g/mol. The van der Waals surface area contributed by atoms with Crippen molar-refractivity contribution in [2.75, 3.05) is 13.2 Å². The smallest absolute Gasteiger partial charge is 0.0769 e. The van der Waals surface area contributed by atoms with E-state index in [1.807, 2.05) is 12.3 Å². The van der Waals surface area contributed by atoms with Crippen LogP contribution in [0.3, 0.4) is 0 Å². The van der Waals surface area contributed by atoms with Crippen LogP contribution in [0.1, 0.15) is 45.2 Å². The zero-order valence-corrected chi connectivity index (χ0v) is 13.3. The summed E-state index contributed by atoms with van der Waals surface area (Å²) >= 11 is 0. The van der Waals surface area contributed by atoms with E-state index in [1.54, 1.807) is 0 Å². The lowest BCUT2D eigenvalue weighted by atomic mass is 9.94. The van der Waals surface area contributed by atoms with Crippen molar-refractivity contribution in [3.63, 3.8) is 0 Å². The molecule has 114 valence electrons. The third-order valence-corrected chi connectivity index (χ3v) is 3.76. The minimum atomic E-state index is 0.200. The van der Waals surface area contributed by atoms with Gasteiger partial charge in [-0.3, -0.25) is 4.98 Å². The van der Waals surface area contributed by atoms with Crippen LogP contribution >= 0.6 is 0 Å². The van der Waals surface area contributed by atoms with Gasteiger partial charge in [0.2, 0.25) is 0 Å². The first-order valence-corrected chi connectivity index (χ1v) is 8.00. The highest BCUT2D eigenvalue weighted by Gasteiger charge is 2.23. The Morgan fingerprint density at radius 1 is 1.14 bits per heavy atom. The molecule has 1 heterocycles. The summed E-state index contributed by atoms with van der Waals surface area (Å²) in [6, 6.07) is 10.7. The molecule has 0 aliphatic heterocycles. The number of fused-ring (bicyclic) bond motifs is 1. The molecule has 2 aromatic rings. The summed E-state index contributed by atoms with van der Waals surface area (Å²) in [5, 5.41) is 4.82. The third-order valence-electron chi connectivity index (χ3n) is 3.76. The van der Waals surface area contributed by atoms with Gasteiger partial charge in [0.1, 0.15) is 0 Å². The SMILES string of the molecule is CCCC(OCC)C(NCC)c1cccc2ncccc12. The second-order valence-corrected chi connectivity index (χ2v) is 5.24. The molecule has 1 aromatic carbocycles. The first kappa shape index (κ1) is 15.9. The lowest BCUT2D eigenvalue weighted by molar-refractivity contribution is 0.0283.